The number of hydrogen-bond donors (Lipinski definition) is 1. The molecule has 0 unspecified atom stereocenters. The zero-order chi connectivity index (χ0) is 23.6. The van der Waals surface area contributed by atoms with Crippen molar-refractivity contribution in [3.63, 3.8) is 0 Å². The number of oxazole rings is 1. The first-order valence-electron chi connectivity index (χ1n) is 11.3. The number of rotatable bonds is 5. The highest BCUT2D eigenvalue weighted by Gasteiger charge is 2.21. The lowest BCUT2D eigenvalue weighted by Crippen LogP contribution is -2.10. The summed E-state index contributed by atoms with van der Waals surface area (Å²) < 4.78 is 6.32. The normalized spacial score (nSPS) is 11.1. The quantitative estimate of drug-likeness (QED) is 0.280. The molecule has 2 aromatic heterocycles. The fourth-order valence-electron chi connectivity index (χ4n) is 4.22. The Morgan fingerprint density at radius 2 is 1.23 bits per heavy atom. The van der Waals surface area contributed by atoms with Crippen LogP contribution in [0.5, 0.6) is 0 Å². The van der Waals surface area contributed by atoms with E-state index in [1.165, 1.54) is 11.8 Å². The Morgan fingerprint density at radius 1 is 0.657 bits per heavy atom. The van der Waals surface area contributed by atoms with Crippen LogP contribution >= 0.6 is 11.8 Å². The summed E-state index contributed by atoms with van der Waals surface area (Å²) in [4.78, 5) is 21.7. The van der Waals surface area contributed by atoms with Gasteiger partial charge in [0.05, 0.1) is 4.90 Å². The Bertz CT molecular complexity index is 1620. The highest BCUT2D eigenvalue weighted by atomic mass is 32.2. The van der Waals surface area contributed by atoms with Gasteiger partial charge in [0.25, 0.3) is 10.8 Å². The molecule has 5 heteroatoms. The lowest BCUT2D eigenvalue weighted by atomic mass is 10.0. The SMILES string of the molecule is O=c1[nH]c2ccccc2c(-c2ccccc2)c1Sc1nc(-c2ccccc2)c(-c2ccccc2)o1. The molecule has 0 aliphatic carbocycles. The highest BCUT2D eigenvalue weighted by Crippen LogP contribution is 2.41. The summed E-state index contributed by atoms with van der Waals surface area (Å²) in [7, 11) is 0. The number of nitrogens with one attached hydrogen (secondary N) is 1. The fraction of sp³-hybridized carbons (Fsp3) is 0. The van der Waals surface area contributed by atoms with Crippen molar-refractivity contribution in [3.8, 4) is 33.7 Å². The maximum Gasteiger partial charge on any atom is 0.263 e. The molecule has 35 heavy (non-hydrogen) atoms. The fourth-order valence-corrected chi connectivity index (χ4v) is 5.13. The van der Waals surface area contributed by atoms with Gasteiger partial charge in [0.15, 0.2) is 5.76 Å². The molecule has 0 aliphatic heterocycles. The van der Waals surface area contributed by atoms with Crippen LogP contribution in [0.1, 0.15) is 0 Å². The summed E-state index contributed by atoms with van der Waals surface area (Å²) in [6.07, 6.45) is 0. The molecule has 0 bridgehead atoms. The zero-order valence-corrected chi connectivity index (χ0v) is 19.5. The Morgan fingerprint density at radius 3 is 1.91 bits per heavy atom. The Kier molecular flexibility index (Phi) is 5.53. The lowest BCUT2D eigenvalue weighted by Gasteiger charge is -2.11. The minimum Gasteiger partial charge on any atom is -0.430 e. The van der Waals surface area contributed by atoms with Gasteiger partial charge in [-0.15, -0.1) is 0 Å². The van der Waals surface area contributed by atoms with E-state index >= 15 is 0 Å². The van der Waals surface area contributed by atoms with Gasteiger partial charge in [-0.25, -0.2) is 4.98 Å². The monoisotopic (exact) mass is 472 g/mol. The molecule has 168 valence electrons. The molecule has 0 saturated carbocycles. The van der Waals surface area contributed by atoms with Gasteiger partial charge in [0.1, 0.15) is 5.69 Å². The van der Waals surface area contributed by atoms with Gasteiger partial charge >= 0.3 is 0 Å². The van der Waals surface area contributed by atoms with E-state index in [-0.39, 0.29) is 5.56 Å². The van der Waals surface area contributed by atoms with Crippen LogP contribution in [0.15, 0.2) is 135 Å². The molecule has 0 fully saturated rings. The van der Waals surface area contributed by atoms with Crippen LogP contribution in [0.3, 0.4) is 0 Å². The lowest BCUT2D eigenvalue weighted by molar-refractivity contribution is 0.466. The number of fused-ring (bicyclic) bond motifs is 1. The summed E-state index contributed by atoms with van der Waals surface area (Å²) in [6.45, 7) is 0. The van der Waals surface area contributed by atoms with Gasteiger partial charge in [0, 0.05) is 27.6 Å². The molecule has 0 spiro atoms. The van der Waals surface area contributed by atoms with Crippen LogP contribution < -0.4 is 5.56 Å². The number of hydrogen-bond acceptors (Lipinski definition) is 4. The predicted molar refractivity (Wildman–Crippen MR) is 142 cm³/mol. The summed E-state index contributed by atoms with van der Waals surface area (Å²) in [6, 6.07) is 37.7. The number of para-hydroxylation sites is 1. The zero-order valence-electron chi connectivity index (χ0n) is 18.6. The van der Waals surface area contributed by atoms with E-state index in [0.717, 1.165) is 38.9 Å². The van der Waals surface area contributed by atoms with Crippen molar-refractivity contribution >= 4 is 22.7 Å². The molecule has 6 aromatic rings. The molecule has 4 aromatic carbocycles. The van der Waals surface area contributed by atoms with Gasteiger partial charge in [0.2, 0.25) is 0 Å². The molecular formula is C30H20N2O2S. The number of aromatic amines is 1. The average molecular weight is 473 g/mol. The van der Waals surface area contributed by atoms with Crippen molar-refractivity contribution in [2.24, 2.45) is 0 Å². The number of aromatic nitrogens is 2. The minimum absolute atomic E-state index is 0.173. The highest BCUT2D eigenvalue weighted by molar-refractivity contribution is 7.99. The molecule has 4 nitrogen and oxygen atoms in total. The third kappa shape index (κ3) is 4.07. The molecule has 0 amide bonds. The third-order valence-corrected chi connectivity index (χ3v) is 6.76. The second-order valence-corrected chi connectivity index (χ2v) is 9.02. The molecule has 6 rings (SSSR count). The predicted octanol–water partition coefficient (Wildman–Crippen LogP) is 7.67. The van der Waals surface area contributed by atoms with E-state index in [9.17, 15) is 4.79 Å². The first-order chi connectivity index (χ1) is 17.3. The molecule has 1 N–H and O–H groups in total. The summed E-state index contributed by atoms with van der Waals surface area (Å²) in [5.41, 5.74) is 5.10. The Labute approximate surface area is 206 Å². The topological polar surface area (TPSA) is 58.9 Å². The van der Waals surface area contributed by atoms with Crippen LogP contribution in [0.25, 0.3) is 44.6 Å². The molecule has 0 atom stereocenters. The first kappa shape index (κ1) is 21.2. The molecule has 0 saturated heterocycles. The van der Waals surface area contributed by atoms with Crippen molar-refractivity contribution in [3.05, 3.63) is 126 Å². The van der Waals surface area contributed by atoms with Gasteiger partial charge in [-0.1, -0.05) is 109 Å². The van der Waals surface area contributed by atoms with Crippen molar-refractivity contribution in [2.45, 2.75) is 10.1 Å². The van der Waals surface area contributed by atoms with E-state index in [2.05, 4.69) is 4.98 Å². The number of H-pyrrole nitrogens is 1. The van der Waals surface area contributed by atoms with Crippen molar-refractivity contribution < 1.29 is 4.42 Å². The second-order valence-electron chi connectivity index (χ2n) is 8.06. The summed E-state index contributed by atoms with van der Waals surface area (Å²) >= 11 is 1.25. The standard InChI is InChI=1S/C30H20N2O2S/c33-29-28(25(20-12-4-1-5-13-20)23-18-10-11-19-24(23)31-29)35-30-32-26(21-14-6-2-7-15-21)27(34-30)22-16-8-3-9-17-22/h1-19H,(H,31,33). The van der Waals surface area contributed by atoms with E-state index in [1.54, 1.807) is 0 Å². The number of nitrogens with zero attached hydrogens (tertiary/aromatic N) is 1. The summed E-state index contributed by atoms with van der Waals surface area (Å²) in [5.74, 6) is 0.678. The Hall–Kier alpha value is -4.35. The van der Waals surface area contributed by atoms with Gasteiger partial charge in [-0.05, 0) is 23.4 Å². The smallest absolute Gasteiger partial charge is 0.263 e. The van der Waals surface area contributed by atoms with Gasteiger partial charge < -0.3 is 9.40 Å². The Balaban J connectivity index is 1.54. The van der Waals surface area contributed by atoms with Crippen LogP contribution in [-0.4, -0.2) is 9.97 Å². The number of pyridine rings is 1. The second kappa shape index (κ2) is 9.12. The third-order valence-electron chi connectivity index (χ3n) is 5.82. The maximum absolute atomic E-state index is 13.3. The van der Waals surface area contributed by atoms with Crippen LogP contribution in [-0.2, 0) is 0 Å². The van der Waals surface area contributed by atoms with Crippen LogP contribution in [0.2, 0.25) is 0 Å². The molecule has 0 aliphatic rings. The van der Waals surface area contributed by atoms with E-state index in [0.29, 0.717) is 15.9 Å². The number of benzene rings is 4. The first-order valence-corrected chi connectivity index (χ1v) is 12.1. The van der Waals surface area contributed by atoms with Gasteiger partial charge in [-0.3, -0.25) is 4.79 Å². The van der Waals surface area contributed by atoms with Crippen molar-refractivity contribution in [1.82, 2.24) is 9.97 Å². The van der Waals surface area contributed by atoms with Crippen LogP contribution in [0.4, 0.5) is 0 Å². The summed E-state index contributed by atoms with van der Waals surface area (Å²) in [5, 5.41) is 1.39. The van der Waals surface area contributed by atoms with E-state index in [1.807, 2.05) is 115 Å². The van der Waals surface area contributed by atoms with Crippen LogP contribution in [0, 0.1) is 0 Å². The molecular weight excluding hydrogens is 452 g/mol. The van der Waals surface area contributed by atoms with E-state index in [4.69, 9.17) is 9.40 Å². The van der Waals surface area contributed by atoms with Crippen molar-refractivity contribution in [2.75, 3.05) is 0 Å². The van der Waals surface area contributed by atoms with E-state index < -0.39 is 0 Å². The van der Waals surface area contributed by atoms with Crippen molar-refractivity contribution in [1.29, 1.82) is 0 Å². The minimum atomic E-state index is -0.173. The largest absolute Gasteiger partial charge is 0.430 e. The molecule has 2 heterocycles. The van der Waals surface area contributed by atoms with Gasteiger partial charge in [-0.2, -0.15) is 0 Å². The maximum atomic E-state index is 13.3. The average Bonchev–Trinajstić information content (AvgIpc) is 3.34. The molecule has 0 radical (unpaired) electrons.